The van der Waals surface area contributed by atoms with Gasteiger partial charge in [-0.25, -0.2) is 19.4 Å². The van der Waals surface area contributed by atoms with Crippen LogP contribution in [-0.2, 0) is 18.9 Å². The van der Waals surface area contributed by atoms with Crippen LogP contribution >= 0.6 is 0 Å². The van der Waals surface area contributed by atoms with E-state index in [4.69, 9.17) is 28.4 Å². The molecule has 5 heterocycles. The lowest BCUT2D eigenvalue weighted by Gasteiger charge is -2.42. The fraction of sp³-hybridized carbons (Fsp3) is 0.535. The van der Waals surface area contributed by atoms with Crippen molar-refractivity contribution in [2.45, 2.75) is 102 Å². The highest BCUT2D eigenvalue weighted by Gasteiger charge is 2.47. The van der Waals surface area contributed by atoms with Crippen LogP contribution < -0.4 is 19.3 Å². The minimum absolute atomic E-state index is 0.0227. The zero-order valence-electron chi connectivity index (χ0n) is 34.0. The Balaban J connectivity index is 0.000000200. The number of ether oxygens (including phenoxy) is 6. The van der Waals surface area contributed by atoms with E-state index in [9.17, 15) is 24.3 Å². The minimum atomic E-state index is -1.18. The Morgan fingerprint density at radius 2 is 1.24 bits per heavy atom. The fourth-order valence-corrected chi connectivity index (χ4v) is 8.42. The highest BCUT2D eigenvalue weighted by molar-refractivity contribution is 6.06. The number of fused-ring (bicyclic) bond motifs is 4. The zero-order chi connectivity index (χ0) is 41.5. The molecule has 3 fully saturated rings. The van der Waals surface area contributed by atoms with E-state index >= 15 is 0 Å². The molecule has 5 aliphatic heterocycles. The van der Waals surface area contributed by atoms with Crippen LogP contribution in [0.3, 0.4) is 0 Å². The lowest BCUT2D eigenvalue weighted by molar-refractivity contribution is -0.198. The molecule has 1 N–H and O–H groups in total. The predicted octanol–water partition coefficient (Wildman–Crippen LogP) is 6.47. The number of nitrogens with zero attached hydrogens (tertiary/aromatic N) is 4. The number of carbonyl (C=O) groups is 4. The van der Waals surface area contributed by atoms with E-state index < -0.39 is 37.0 Å². The van der Waals surface area contributed by atoms with E-state index in [2.05, 4.69) is 13.2 Å². The molecule has 2 aromatic rings. The highest BCUT2D eigenvalue weighted by Crippen LogP contribution is 2.41. The maximum absolute atomic E-state index is 13.7. The van der Waals surface area contributed by atoms with Crippen LogP contribution in [0.2, 0.25) is 0 Å². The second-order valence-electron chi connectivity index (χ2n) is 15.0. The zero-order valence-corrected chi connectivity index (χ0v) is 34.0. The number of rotatable bonds is 8. The molecule has 5 atom stereocenters. The molecule has 0 aromatic heterocycles. The summed E-state index contributed by atoms with van der Waals surface area (Å²) in [6.07, 6.45) is 7.11. The van der Waals surface area contributed by atoms with Crippen LogP contribution in [-0.4, -0.2) is 117 Å². The van der Waals surface area contributed by atoms with Gasteiger partial charge in [0.25, 0.3) is 11.8 Å². The van der Waals surface area contributed by atoms with Gasteiger partial charge in [0.15, 0.2) is 18.7 Å². The first-order valence-corrected chi connectivity index (χ1v) is 20.1. The molecule has 15 heteroatoms. The number of aliphatic hydroxyl groups excluding tert-OH is 1. The Hall–Kier alpha value is -5.12. The number of aliphatic hydroxyl groups is 1. The topological polar surface area (TPSA) is 157 Å². The molecule has 5 aliphatic rings. The maximum atomic E-state index is 13.7. The molecule has 0 bridgehead atoms. The molecule has 0 spiro atoms. The molecule has 3 saturated heterocycles. The smallest absolute Gasteiger partial charge is 0.416 e. The summed E-state index contributed by atoms with van der Waals surface area (Å²) in [6.45, 7) is 12.8. The second kappa shape index (κ2) is 19.1. The van der Waals surface area contributed by atoms with Gasteiger partial charge >= 0.3 is 12.2 Å². The maximum Gasteiger partial charge on any atom is 0.416 e. The molecule has 7 rings (SSSR count). The van der Waals surface area contributed by atoms with E-state index in [-0.39, 0.29) is 31.1 Å². The number of benzene rings is 2. The molecule has 2 aromatic carbocycles. The summed E-state index contributed by atoms with van der Waals surface area (Å²) in [5.41, 5.74) is 3.11. The summed E-state index contributed by atoms with van der Waals surface area (Å²) in [5, 5.41) is 11.0. The fourth-order valence-electron chi connectivity index (χ4n) is 8.42. The number of aryl methyl sites for hydroxylation is 2. The van der Waals surface area contributed by atoms with Crippen molar-refractivity contribution in [3.8, 4) is 11.5 Å². The average Bonchev–Trinajstić information content (AvgIpc) is 3.39. The Morgan fingerprint density at radius 1 is 0.741 bits per heavy atom. The number of amides is 4. The van der Waals surface area contributed by atoms with E-state index in [1.807, 2.05) is 18.7 Å². The van der Waals surface area contributed by atoms with Crippen LogP contribution in [0.1, 0.15) is 89.6 Å². The number of anilines is 2. The summed E-state index contributed by atoms with van der Waals surface area (Å²) in [7, 11) is 3.10. The number of methoxy groups -OCH3 is 2. The third kappa shape index (κ3) is 8.66. The molecule has 4 amide bonds. The number of hydrogen-bond donors (Lipinski definition) is 1. The summed E-state index contributed by atoms with van der Waals surface area (Å²) in [4.78, 5) is 59.0. The Labute approximate surface area is 340 Å². The molecule has 0 radical (unpaired) electrons. The van der Waals surface area contributed by atoms with Gasteiger partial charge in [0.2, 0.25) is 0 Å². The van der Waals surface area contributed by atoms with Crippen LogP contribution in [0.25, 0.3) is 0 Å². The Morgan fingerprint density at radius 3 is 1.76 bits per heavy atom. The van der Waals surface area contributed by atoms with Gasteiger partial charge in [-0.2, -0.15) is 0 Å². The first kappa shape index (κ1) is 42.5. The van der Waals surface area contributed by atoms with Crippen molar-refractivity contribution in [2.24, 2.45) is 0 Å². The van der Waals surface area contributed by atoms with Crippen molar-refractivity contribution in [3.63, 3.8) is 0 Å². The molecule has 3 unspecified atom stereocenters. The Kier molecular flexibility index (Phi) is 14.0. The summed E-state index contributed by atoms with van der Waals surface area (Å²) >= 11 is 0. The van der Waals surface area contributed by atoms with Crippen molar-refractivity contribution in [1.82, 2.24) is 9.80 Å². The molecule has 0 aliphatic carbocycles. The standard InChI is InChI=1S/C24H32N2O6.C19H24N2O5/c1-4-12-31-24(28)26-19-14-16(2)20(29-3)15-17(19)22(27)25-11-7-5-9-18(25)23(26)32-21-10-6-8-13-30-21;1-4-9-26-19(24)21-15-10-12(2)16(25-3)11-13(15)17(22)20-8-6-5-7-14(20)18(21)23/h4,14-15,18,21,23H,1,5-13H2,2-3H3;4,10-11,14,18,23H,1,5-9H2,2-3H3/t18-,21?,23?;14-,18?/m00/s1. The first-order valence-electron chi connectivity index (χ1n) is 20.1. The normalized spacial score (nSPS) is 24.0. The van der Waals surface area contributed by atoms with Gasteiger partial charge in [0, 0.05) is 19.7 Å². The van der Waals surface area contributed by atoms with Crippen molar-refractivity contribution in [2.75, 3.05) is 56.9 Å². The van der Waals surface area contributed by atoms with Crippen molar-refractivity contribution >= 4 is 35.4 Å². The lowest BCUT2D eigenvalue weighted by atomic mass is 10.00. The van der Waals surface area contributed by atoms with Gasteiger partial charge in [-0.3, -0.25) is 9.59 Å². The third-order valence-corrected chi connectivity index (χ3v) is 11.3. The largest absolute Gasteiger partial charge is 0.496 e. The molecular formula is C43H56N4O11. The first-order chi connectivity index (χ1) is 28.0. The molecule has 314 valence electrons. The molecule has 58 heavy (non-hydrogen) atoms. The van der Waals surface area contributed by atoms with E-state index in [0.717, 1.165) is 62.5 Å². The lowest BCUT2D eigenvalue weighted by Crippen LogP contribution is -2.57. The van der Waals surface area contributed by atoms with Gasteiger partial charge in [0.1, 0.15) is 24.7 Å². The minimum Gasteiger partial charge on any atom is -0.496 e. The SMILES string of the molecule is C=CCOC(=O)N1c2cc(C)c(OC)cc2C(=O)N2CCCC[C@H]2C1O.C=CCOC(=O)N1c2cc(C)c(OC)cc2C(=O)N2CCCC[C@H]2C1OC1CCCCO1. The molecule has 0 saturated carbocycles. The van der Waals surface area contributed by atoms with Crippen LogP contribution in [0.4, 0.5) is 21.0 Å². The monoisotopic (exact) mass is 804 g/mol. The summed E-state index contributed by atoms with van der Waals surface area (Å²) in [5.74, 6) is 0.822. The van der Waals surface area contributed by atoms with Crippen molar-refractivity contribution in [1.29, 1.82) is 0 Å². The predicted molar refractivity (Wildman–Crippen MR) is 215 cm³/mol. The average molecular weight is 805 g/mol. The van der Waals surface area contributed by atoms with Crippen molar-refractivity contribution in [3.05, 3.63) is 71.8 Å². The molecule has 15 nitrogen and oxygen atoms in total. The van der Waals surface area contributed by atoms with E-state index in [0.29, 0.717) is 60.1 Å². The second-order valence-corrected chi connectivity index (χ2v) is 15.0. The summed E-state index contributed by atoms with van der Waals surface area (Å²) in [6, 6.07) is 6.07. The number of hydrogen-bond acceptors (Lipinski definition) is 11. The Bertz CT molecular complexity index is 1860. The highest BCUT2D eigenvalue weighted by atomic mass is 16.7. The van der Waals surface area contributed by atoms with Crippen LogP contribution in [0.15, 0.2) is 49.6 Å². The van der Waals surface area contributed by atoms with Gasteiger partial charge in [-0.15, -0.1) is 0 Å². The quantitative estimate of drug-likeness (QED) is 0.292. The van der Waals surface area contributed by atoms with E-state index in [1.165, 1.54) is 29.1 Å². The van der Waals surface area contributed by atoms with Crippen molar-refractivity contribution < 1.29 is 52.7 Å². The number of piperidine rings is 2. The van der Waals surface area contributed by atoms with Gasteiger partial charge in [0.05, 0.1) is 48.8 Å². The van der Waals surface area contributed by atoms with Gasteiger partial charge in [-0.05, 0) is 107 Å². The van der Waals surface area contributed by atoms with Crippen LogP contribution in [0, 0.1) is 13.8 Å². The number of carbonyl (C=O) groups excluding carboxylic acids is 4. The summed E-state index contributed by atoms with van der Waals surface area (Å²) < 4.78 is 33.7. The molecular weight excluding hydrogens is 748 g/mol. The third-order valence-electron chi connectivity index (χ3n) is 11.3. The van der Waals surface area contributed by atoms with Gasteiger partial charge in [-0.1, -0.05) is 25.3 Å². The van der Waals surface area contributed by atoms with Gasteiger partial charge < -0.3 is 43.3 Å². The van der Waals surface area contributed by atoms with E-state index in [1.54, 1.807) is 36.3 Å². The van der Waals surface area contributed by atoms with Crippen LogP contribution in [0.5, 0.6) is 11.5 Å².